The fraction of sp³-hybridized carbons (Fsp3) is 0.214. The Bertz CT molecular complexity index is 1440. The Morgan fingerprint density at radius 1 is 1.16 bits per heavy atom. The molecule has 0 saturated heterocycles. The maximum Gasteiger partial charge on any atom is 0.270 e. The highest BCUT2D eigenvalue weighted by atomic mass is 16.5. The first-order valence-electron chi connectivity index (χ1n) is 11.4. The van der Waals surface area contributed by atoms with E-state index in [9.17, 15) is 14.7 Å². The number of aliphatic hydroxyl groups is 1. The molecule has 2 heterocycles. The molecule has 0 radical (unpaired) electrons. The van der Waals surface area contributed by atoms with Crippen molar-refractivity contribution in [2.75, 3.05) is 18.6 Å². The van der Waals surface area contributed by atoms with Gasteiger partial charge >= 0.3 is 0 Å². The van der Waals surface area contributed by atoms with Crippen molar-refractivity contribution in [3.8, 4) is 35.2 Å². The number of aromatic nitrogens is 1. The van der Waals surface area contributed by atoms with Crippen molar-refractivity contribution in [2.45, 2.75) is 25.5 Å². The standard InChI is InChI=1S/C28H24N4O5/c1-28(2,35)12-10-18-6-9-25-24(14-18)32(3)27(34)23(17-36-25)31-26(33)22-15-21(11-13-30-22)37-20-7-4-19(16-29)5-8-20/h4-9,11,13-15,23,35H,17H2,1-3H3,(H,31,33). The van der Waals surface area contributed by atoms with Crippen LogP contribution >= 0.6 is 0 Å². The number of amides is 2. The molecule has 2 N–H and O–H groups in total. The first kappa shape index (κ1) is 25.2. The minimum absolute atomic E-state index is 0.0625. The second-order valence-electron chi connectivity index (χ2n) is 8.84. The van der Waals surface area contributed by atoms with Crippen LogP contribution in [0, 0.1) is 23.2 Å². The van der Waals surface area contributed by atoms with E-state index in [1.807, 2.05) is 6.07 Å². The van der Waals surface area contributed by atoms with E-state index >= 15 is 0 Å². The van der Waals surface area contributed by atoms with E-state index in [0.29, 0.717) is 34.1 Å². The van der Waals surface area contributed by atoms with E-state index in [2.05, 4.69) is 22.1 Å². The Balaban J connectivity index is 1.47. The molecule has 1 aliphatic heterocycles. The number of carbonyl (C=O) groups is 2. The SMILES string of the molecule is CN1C(=O)C(NC(=O)c2cc(Oc3ccc(C#N)cc3)ccn2)COc2ccc(C#CC(C)(C)O)cc21. The highest BCUT2D eigenvalue weighted by molar-refractivity contribution is 6.03. The number of carbonyl (C=O) groups excluding carboxylic acids is 2. The molecule has 0 spiro atoms. The fourth-order valence-electron chi connectivity index (χ4n) is 3.47. The van der Waals surface area contributed by atoms with Gasteiger partial charge in [0.1, 0.15) is 41.2 Å². The van der Waals surface area contributed by atoms with E-state index in [4.69, 9.17) is 14.7 Å². The molecule has 1 aliphatic rings. The molecule has 3 aromatic rings. The van der Waals surface area contributed by atoms with Crippen LogP contribution in [0.2, 0.25) is 0 Å². The number of likely N-dealkylation sites (N-methyl/N-ethyl adjacent to an activating group) is 1. The van der Waals surface area contributed by atoms with Gasteiger partial charge in [-0.05, 0) is 62.4 Å². The average molecular weight is 497 g/mol. The van der Waals surface area contributed by atoms with Gasteiger partial charge in [-0.3, -0.25) is 14.6 Å². The summed E-state index contributed by atoms with van der Waals surface area (Å²) < 4.78 is 11.6. The third-order valence-corrected chi connectivity index (χ3v) is 5.36. The van der Waals surface area contributed by atoms with Gasteiger partial charge in [-0.15, -0.1) is 0 Å². The van der Waals surface area contributed by atoms with E-state index in [0.717, 1.165) is 0 Å². The number of nitriles is 1. The average Bonchev–Trinajstić information content (AvgIpc) is 2.99. The number of hydrogen-bond donors (Lipinski definition) is 2. The van der Waals surface area contributed by atoms with Gasteiger partial charge in [-0.2, -0.15) is 5.26 Å². The van der Waals surface area contributed by atoms with E-state index in [1.54, 1.807) is 69.4 Å². The number of ether oxygens (including phenoxy) is 2. The van der Waals surface area contributed by atoms with Crippen LogP contribution < -0.4 is 19.7 Å². The molecule has 186 valence electrons. The van der Waals surface area contributed by atoms with Crippen molar-refractivity contribution < 1.29 is 24.2 Å². The van der Waals surface area contributed by atoms with Crippen molar-refractivity contribution in [3.63, 3.8) is 0 Å². The van der Waals surface area contributed by atoms with Crippen LogP contribution in [0.3, 0.4) is 0 Å². The van der Waals surface area contributed by atoms with Gasteiger partial charge in [0, 0.05) is 24.9 Å². The van der Waals surface area contributed by atoms with Gasteiger partial charge < -0.3 is 24.8 Å². The lowest BCUT2D eigenvalue weighted by Crippen LogP contribution is -2.49. The number of fused-ring (bicyclic) bond motifs is 1. The number of rotatable bonds is 4. The first-order chi connectivity index (χ1) is 17.6. The summed E-state index contributed by atoms with van der Waals surface area (Å²) in [6.45, 7) is 3.09. The Kier molecular flexibility index (Phi) is 7.10. The van der Waals surface area contributed by atoms with Crippen LogP contribution in [0.25, 0.3) is 0 Å². The molecule has 1 aromatic heterocycles. The summed E-state index contributed by atoms with van der Waals surface area (Å²) in [5.74, 6) is 6.03. The Labute approximate surface area is 214 Å². The van der Waals surface area contributed by atoms with Crippen LogP contribution in [0.1, 0.15) is 35.5 Å². The molecular formula is C28H24N4O5. The molecule has 0 fully saturated rings. The summed E-state index contributed by atoms with van der Waals surface area (Å²) in [5, 5.41) is 21.5. The molecule has 2 amide bonds. The van der Waals surface area contributed by atoms with Crippen molar-refractivity contribution in [1.29, 1.82) is 5.26 Å². The Morgan fingerprint density at radius 3 is 2.59 bits per heavy atom. The van der Waals surface area contributed by atoms with Crippen LogP contribution in [0.15, 0.2) is 60.8 Å². The lowest BCUT2D eigenvalue weighted by molar-refractivity contribution is -0.120. The predicted octanol–water partition coefficient (Wildman–Crippen LogP) is 3.02. The molecule has 37 heavy (non-hydrogen) atoms. The highest BCUT2D eigenvalue weighted by Crippen LogP contribution is 2.31. The van der Waals surface area contributed by atoms with Crippen molar-refractivity contribution in [3.05, 3.63) is 77.6 Å². The lowest BCUT2D eigenvalue weighted by Gasteiger charge is -2.20. The predicted molar refractivity (Wildman–Crippen MR) is 135 cm³/mol. The number of nitrogens with one attached hydrogen (secondary N) is 1. The third-order valence-electron chi connectivity index (χ3n) is 5.36. The van der Waals surface area contributed by atoms with Gasteiger partial charge in [-0.1, -0.05) is 11.8 Å². The smallest absolute Gasteiger partial charge is 0.270 e. The second kappa shape index (κ2) is 10.4. The number of pyridine rings is 1. The Morgan fingerprint density at radius 2 is 1.89 bits per heavy atom. The van der Waals surface area contributed by atoms with Gasteiger partial charge in [-0.25, -0.2) is 0 Å². The van der Waals surface area contributed by atoms with Gasteiger partial charge in [0.2, 0.25) is 0 Å². The van der Waals surface area contributed by atoms with Crippen molar-refractivity contribution in [1.82, 2.24) is 10.3 Å². The minimum Gasteiger partial charge on any atom is -0.489 e. The third kappa shape index (κ3) is 6.23. The van der Waals surface area contributed by atoms with Gasteiger partial charge in [0.25, 0.3) is 11.8 Å². The van der Waals surface area contributed by atoms with Gasteiger partial charge in [0.15, 0.2) is 0 Å². The molecule has 0 saturated carbocycles. The molecule has 1 unspecified atom stereocenters. The molecule has 4 rings (SSSR count). The second-order valence-corrected chi connectivity index (χ2v) is 8.84. The van der Waals surface area contributed by atoms with Crippen LogP contribution in [-0.2, 0) is 4.79 Å². The van der Waals surface area contributed by atoms with Crippen molar-refractivity contribution >= 4 is 17.5 Å². The quantitative estimate of drug-likeness (QED) is 0.532. The van der Waals surface area contributed by atoms with Crippen LogP contribution in [-0.4, -0.2) is 47.2 Å². The minimum atomic E-state index is -1.15. The zero-order chi connectivity index (χ0) is 26.6. The normalized spacial score (nSPS) is 14.7. The topological polar surface area (TPSA) is 125 Å². The summed E-state index contributed by atoms with van der Waals surface area (Å²) >= 11 is 0. The number of nitrogens with zero attached hydrogens (tertiary/aromatic N) is 3. The largest absolute Gasteiger partial charge is 0.489 e. The number of anilines is 1. The van der Waals surface area contributed by atoms with E-state index in [1.165, 1.54) is 17.2 Å². The number of hydrogen-bond acceptors (Lipinski definition) is 7. The zero-order valence-corrected chi connectivity index (χ0v) is 20.5. The fourth-order valence-corrected chi connectivity index (χ4v) is 3.47. The maximum absolute atomic E-state index is 13.2. The van der Waals surface area contributed by atoms with Crippen molar-refractivity contribution in [2.24, 2.45) is 0 Å². The molecule has 0 bridgehead atoms. The van der Waals surface area contributed by atoms with E-state index in [-0.39, 0.29) is 18.2 Å². The summed E-state index contributed by atoms with van der Waals surface area (Å²) in [4.78, 5) is 31.6. The number of benzene rings is 2. The molecule has 0 aliphatic carbocycles. The highest BCUT2D eigenvalue weighted by Gasteiger charge is 2.31. The maximum atomic E-state index is 13.2. The summed E-state index contributed by atoms with van der Waals surface area (Å²) in [7, 11) is 1.59. The summed E-state index contributed by atoms with van der Waals surface area (Å²) in [5.41, 5.74) is 0.518. The monoisotopic (exact) mass is 496 g/mol. The zero-order valence-electron chi connectivity index (χ0n) is 20.5. The molecule has 1 atom stereocenters. The van der Waals surface area contributed by atoms with Gasteiger partial charge in [0.05, 0.1) is 17.3 Å². The Hall–Kier alpha value is -4.86. The molecule has 2 aromatic carbocycles. The lowest BCUT2D eigenvalue weighted by atomic mass is 10.1. The van der Waals surface area contributed by atoms with Crippen LogP contribution in [0.4, 0.5) is 5.69 Å². The molecule has 9 nitrogen and oxygen atoms in total. The van der Waals surface area contributed by atoms with E-state index < -0.39 is 17.6 Å². The molecule has 9 heteroatoms. The summed E-state index contributed by atoms with van der Waals surface area (Å²) in [6, 6.07) is 15.8. The first-order valence-corrected chi connectivity index (χ1v) is 11.4. The summed E-state index contributed by atoms with van der Waals surface area (Å²) in [6.07, 6.45) is 1.43. The molecular weight excluding hydrogens is 472 g/mol. The van der Waals surface area contributed by atoms with Crippen LogP contribution in [0.5, 0.6) is 17.2 Å².